The summed E-state index contributed by atoms with van der Waals surface area (Å²) in [5.74, 6) is -0.784. The van der Waals surface area contributed by atoms with E-state index in [-0.39, 0.29) is 11.4 Å². The zero-order chi connectivity index (χ0) is 13.8. The van der Waals surface area contributed by atoms with Gasteiger partial charge in [-0.05, 0) is 30.7 Å². The highest BCUT2D eigenvalue weighted by molar-refractivity contribution is 5.88. The molecule has 0 bridgehead atoms. The Morgan fingerprint density at radius 2 is 2.37 bits per heavy atom. The van der Waals surface area contributed by atoms with Crippen molar-refractivity contribution in [3.8, 4) is 0 Å². The number of halogens is 1. The molecule has 4 nitrogen and oxygen atoms in total. The molecule has 2 atom stereocenters. The molecule has 1 heterocycles. The number of nitrogens with one attached hydrogen (secondary N) is 1. The van der Waals surface area contributed by atoms with Gasteiger partial charge in [0.1, 0.15) is 5.56 Å². The molecule has 104 valence electrons. The van der Waals surface area contributed by atoms with Gasteiger partial charge in [0.2, 0.25) is 0 Å². The van der Waals surface area contributed by atoms with Gasteiger partial charge in [0, 0.05) is 12.7 Å². The summed E-state index contributed by atoms with van der Waals surface area (Å²) in [6.07, 6.45) is 6.05. The maximum Gasteiger partial charge on any atom is 0.338 e. The first-order valence-electron chi connectivity index (χ1n) is 6.69. The predicted octanol–water partition coefficient (Wildman–Crippen LogP) is 3.16. The number of carbonyl (C=O) groups is 1. The number of carboxylic acids is 1. The fraction of sp³-hybridized carbons (Fsp3) is 0.571. The van der Waals surface area contributed by atoms with Gasteiger partial charge < -0.3 is 10.4 Å². The van der Waals surface area contributed by atoms with Crippen LogP contribution in [0.4, 0.5) is 10.2 Å². The molecule has 1 aliphatic rings. The van der Waals surface area contributed by atoms with Crippen LogP contribution in [0.15, 0.2) is 12.3 Å². The van der Waals surface area contributed by atoms with E-state index in [0.29, 0.717) is 18.4 Å². The van der Waals surface area contributed by atoms with Crippen LogP contribution in [-0.4, -0.2) is 22.6 Å². The quantitative estimate of drug-likeness (QED) is 0.878. The molecule has 0 aromatic carbocycles. The van der Waals surface area contributed by atoms with Gasteiger partial charge in [-0.25, -0.2) is 14.2 Å². The molecule has 19 heavy (non-hydrogen) atoms. The fourth-order valence-corrected chi connectivity index (χ4v) is 2.72. The minimum atomic E-state index is -1.27. The molecule has 1 aromatic heterocycles. The van der Waals surface area contributed by atoms with Crippen molar-refractivity contribution in [3.05, 3.63) is 23.6 Å². The molecule has 1 aromatic rings. The lowest BCUT2D eigenvalue weighted by Gasteiger charge is -2.27. The summed E-state index contributed by atoms with van der Waals surface area (Å²) in [5, 5.41) is 11.8. The average Bonchev–Trinajstić information content (AvgIpc) is 2.37. The highest BCUT2D eigenvalue weighted by atomic mass is 19.1. The van der Waals surface area contributed by atoms with Crippen molar-refractivity contribution < 1.29 is 14.3 Å². The van der Waals surface area contributed by atoms with Crippen LogP contribution in [0.3, 0.4) is 0 Å². The molecule has 1 aliphatic carbocycles. The van der Waals surface area contributed by atoms with E-state index in [4.69, 9.17) is 5.11 Å². The molecule has 0 spiro atoms. The third-order valence-corrected chi connectivity index (χ3v) is 3.72. The highest BCUT2D eigenvalue weighted by Crippen LogP contribution is 2.28. The van der Waals surface area contributed by atoms with Crippen molar-refractivity contribution in [2.24, 2.45) is 11.8 Å². The van der Waals surface area contributed by atoms with E-state index in [1.165, 1.54) is 25.1 Å². The minimum Gasteiger partial charge on any atom is -0.478 e. The Hall–Kier alpha value is -1.65. The summed E-state index contributed by atoms with van der Waals surface area (Å²) in [6, 6.07) is 1.17. The Bertz CT molecular complexity index is 465. The minimum absolute atomic E-state index is 0.0399. The van der Waals surface area contributed by atoms with Gasteiger partial charge in [0.05, 0.1) is 0 Å². The smallest absolute Gasteiger partial charge is 0.338 e. The van der Waals surface area contributed by atoms with Crippen LogP contribution < -0.4 is 5.32 Å². The zero-order valence-electron chi connectivity index (χ0n) is 11.0. The number of nitrogens with zero attached hydrogens (tertiary/aromatic N) is 1. The molecular weight excluding hydrogens is 247 g/mol. The maximum atomic E-state index is 13.8. The van der Waals surface area contributed by atoms with E-state index in [0.717, 1.165) is 12.8 Å². The monoisotopic (exact) mass is 266 g/mol. The number of hydrogen-bond donors (Lipinski definition) is 2. The normalized spacial score (nSPS) is 23.1. The summed E-state index contributed by atoms with van der Waals surface area (Å²) >= 11 is 0. The second-order valence-corrected chi connectivity index (χ2v) is 5.34. The Kier molecular flexibility index (Phi) is 4.35. The number of aromatic nitrogens is 1. The van der Waals surface area contributed by atoms with E-state index >= 15 is 0 Å². The molecule has 0 amide bonds. The van der Waals surface area contributed by atoms with E-state index in [1.807, 2.05) is 0 Å². The Morgan fingerprint density at radius 3 is 3.05 bits per heavy atom. The highest BCUT2D eigenvalue weighted by Gasteiger charge is 2.20. The van der Waals surface area contributed by atoms with Crippen LogP contribution in [0.1, 0.15) is 43.0 Å². The number of rotatable bonds is 4. The molecule has 5 heteroatoms. The molecule has 1 fully saturated rings. The molecule has 2 rings (SSSR count). The second kappa shape index (κ2) is 5.99. The maximum absolute atomic E-state index is 13.8. The second-order valence-electron chi connectivity index (χ2n) is 5.34. The standard InChI is InChI=1S/C14H19FN2O2/c1-9-3-2-4-10(7-9)8-17-13-12(15)11(14(18)19)5-6-16-13/h5-6,9-10H,2-4,7-8H2,1H3,(H,16,17)(H,18,19). The molecule has 0 aliphatic heterocycles. The molecule has 2 N–H and O–H groups in total. The van der Waals surface area contributed by atoms with E-state index in [2.05, 4.69) is 17.2 Å². The first-order valence-corrected chi connectivity index (χ1v) is 6.69. The topological polar surface area (TPSA) is 62.2 Å². The number of aromatic carboxylic acids is 1. The van der Waals surface area contributed by atoms with Gasteiger partial charge in [0.15, 0.2) is 11.6 Å². The van der Waals surface area contributed by atoms with Crippen LogP contribution in [0.25, 0.3) is 0 Å². The van der Waals surface area contributed by atoms with E-state index in [1.54, 1.807) is 0 Å². The first kappa shape index (κ1) is 13.8. The largest absolute Gasteiger partial charge is 0.478 e. The van der Waals surface area contributed by atoms with E-state index < -0.39 is 11.8 Å². The first-order chi connectivity index (χ1) is 9.08. The van der Waals surface area contributed by atoms with Crippen LogP contribution in [0.2, 0.25) is 0 Å². The summed E-state index contributed by atoms with van der Waals surface area (Å²) in [7, 11) is 0. The van der Waals surface area contributed by atoms with Crippen molar-refractivity contribution in [3.63, 3.8) is 0 Å². The lowest BCUT2D eigenvalue weighted by molar-refractivity contribution is 0.0692. The van der Waals surface area contributed by atoms with Gasteiger partial charge in [-0.3, -0.25) is 0 Å². The van der Waals surface area contributed by atoms with Gasteiger partial charge in [0.25, 0.3) is 0 Å². The van der Waals surface area contributed by atoms with Crippen molar-refractivity contribution >= 4 is 11.8 Å². The molecule has 0 radical (unpaired) electrons. The number of pyridine rings is 1. The van der Waals surface area contributed by atoms with Gasteiger partial charge in [-0.1, -0.05) is 19.8 Å². The number of anilines is 1. The van der Waals surface area contributed by atoms with Crippen molar-refractivity contribution in [2.45, 2.75) is 32.6 Å². The van der Waals surface area contributed by atoms with E-state index in [9.17, 15) is 9.18 Å². The molecule has 0 saturated heterocycles. The SMILES string of the molecule is CC1CCCC(CNc2nccc(C(=O)O)c2F)C1. The fourth-order valence-electron chi connectivity index (χ4n) is 2.72. The lowest BCUT2D eigenvalue weighted by Crippen LogP contribution is -2.22. The summed E-state index contributed by atoms with van der Waals surface area (Å²) in [6.45, 7) is 2.88. The lowest BCUT2D eigenvalue weighted by atomic mass is 9.82. The number of hydrogen-bond acceptors (Lipinski definition) is 3. The Labute approximate surface area is 112 Å². The van der Waals surface area contributed by atoms with Crippen LogP contribution in [0, 0.1) is 17.7 Å². The Balaban J connectivity index is 1.99. The van der Waals surface area contributed by atoms with Gasteiger partial charge in [-0.15, -0.1) is 0 Å². The molecule has 2 unspecified atom stereocenters. The van der Waals surface area contributed by atoms with Crippen LogP contribution in [0.5, 0.6) is 0 Å². The van der Waals surface area contributed by atoms with Crippen molar-refractivity contribution in [2.75, 3.05) is 11.9 Å². The van der Waals surface area contributed by atoms with Crippen LogP contribution in [-0.2, 0) is 0 Å². The Morgan fingerprint density at radius 1 is 1.58 bits per heavy atom. The zero-order valence-corrected chi connectivity index (χ0v) is 11.0. The average molecular weight is 266 g/mol. The third kappa shape index (κ3) is 3.43. The van der Waals surface area contributed by atoms with Crippen molar-refractivity contribution in [1.82, 2.24) is 4.98 Å². The summed E-state index contributed by atoms with van der Waals surface area (Å²) in [4.78, 5) is 14.7. The summed E-state index contributed by atoms with van der Waals surface area (Å²) in [5.41, 5.74) is -0.338. The van der Waals surface area contributed by atoms with Crippen LogP contribution >= 0.6 is 0 Å². The predicted molar refractivity (Wildman–Crippen MR) is 70.8 cm³/mol. The summed E-state index contributed by atoms with van der Waals surface area (Å²) < 4.78 is 13.8. The number of carboxylic acid groups (broad SMARTS) is 1. The molecular formula is C14H19FN2O2. The van der Waals surface area contributed by atoms with Crippen molar-refractivity contribution in [1.29, 1.82) is 0 Å². The van der Waals surface area contributed by atoms with Gasteiger partial charge in [-0.2, -0.15) is 0 Å². The third-order valence-electron chi connectivity index (χ3n) is 3.72. The van der Waals surface area contributed by atoms with Gasteiger partial charge >= 0.3 is 5.97 Å². The molecule has 1 saturated carbocycles.